The molecule has 0 aliphatic heterocycles. The van der Waals surface area contributed by atoms with E-state index in [9.17, 15) is 10.1 Å². The van der Waals surface area contributed by atoms with Crippen LogP contribution in [-0.2, 0) is 6.42 Å². The second-order valence-corrected chi connectivity index (χ2v) is 5.05. The summed E-state index contributed by atoms with van der Waals surface area (Å²) in [7, 11) is 1.60. The number of methoxy groups -OCH3 is 1. The lowest BCUT2D eigenvalue weighted by Gasteiger charge is -2.07. The van der Waals surface area contributed by atoms with Crippen molar-refractivity contribution in [3.63, 3.8) is 0 Å². The maximum Gasteiger partial charge on any atom is 0.286 e. The van der Waals surface area contributed by atoms with Gasteiger partial charge in [0.05, 0.1) is 29.6 Å². The van der Waals surface area contributed by atoms with Crippen molar-refractivity contribution in [2.24, 2.45) is 5.73 Å². The van der Waals surface area contributed by atoms with E-state index < -0.39 is 4.92 Å². The SMILES string of the molecule is COc1cccc(-c2c(CCN)nc3ccc([N+](=O)[O-])cn23)c1. The molecule has 3 aromatic rings. The molecule has 0 radical (unpaired) electrons. The van der Waals surface area contributed by atoms with Gasteiger partial charge in [-0.2, -0.15) is 0 Å². The summed E-state index contributed by atoms with van der Waals surface area (Å²) < 4.78 is 7.00. The summed E-state index contributed by atoms with van der Waals surface area (Å²) in [4.78, 5) is 15.2. The van der Waals surface area contributed by atoms with E-state index in [2.05, 4.69) is 4.98 Å². The third-order valence-corrected chi connectivity index (χ3v) is 3.61. The third kappa shape index (κ3) is 2.74. The van der Waals surface area contributed by atoms with Crippen LogP contribution in [0.25, 0.3) is 16.9 Å². The predicted octanol–water partition coefficient (Wildman–Crippen LogP) is 2.42. The topological polar surface area (TPSA) is 95.7 Å². The van der Waals surface area contributed by atoms with Crippen molar-refractivity contribution in [3.8, 4) is 17.0 Å². The number of nitrogens with zero attached hydrogens (tertiary/aromatic N) is 3. The Bertz CT molecular complexity index is 873. The fraction of sp³-hybridized carbons (Fsp3) is 0.188. The lowest BCUT2D eigenvalue weighted by Crippen LogP contribution is -2.04. The number of pyridine rings is 1. The van der Waals surface area contributed by atoms with E-state index in [0.717, 1.165) is 17.0 Å². The number of nitro groups is 1. The van der Waals surface area contributed by atoms with Crippen LogP contribution in [0.1, 0.15) is 5.69 Å². The molecular formula is C16H16N4O3. The largest absolute Gasteiger partial charge is 0.497 e. The summed E-state index contributed by atoms with van der Waals surface area (Å²) in [6.07, 6.45) is 2.07. The lowest BCUT2D eigenvalue weighted by atomic mass is 10.1. The van der Waals surface area contributed by atoms with Crippen LogP contribution in [-0.4, -0.2) is 28.0 Å². The number of nitrogens with two attached hydrogens (primary N) is 1. The van der Waals surface area contributed by atoms with Gasteiger partial charge in [0, 0.05) is 18.1 Å². The lowest BCUT2D eigenvalue weighted by molar-refractivity contribution is -0.385. The minimum Gasteiger partial charge on any atom is -0.497 e. The molecule has 0 saturated carbocycles. The zero-order valence-electron chi connectivity index (χ0n) is 12.6. The molecule has 3 rings (SSSR count). The maximum absolute atomic E-state index is 11.1. The number of benzene rings is 1. The minimum absolute atomic E-state index is 0.0124. The quantitative estimate of drug-likeness (QED) is 0.576. The number of rotatable bonds is 5. The predicted molar refractivity (Wildman–Crippen MR) is 86.6 cm³/mol. The first-order valence-corrected chi connectivity index (χ1v) is 7.14. The fourth-order valence-electron chi connectivity index (χ4n) is 2.58. The minimum atomic E-state index is -0.419. The van der Waals surface area contributed by atoms with Crippen LogP contribution in [0.4, 0.5) is 5.69 Å². The van der Waals surface area contributed by atoms with Gasteiger partial charge in [-0.15, -0.1) is 0 Å². The highest BCUT2D eigenvalue weighted by atomic mass is 16.6. The van der Waals surface area contributed by atoms with Crippen LogP contribution in [0.3, 0.4) is 0 Å². The van der Waals surface area contributed by atoms with Crippen LogP contribution in [0.15, 0.2) is 42.6 Å². The number of aromatic nitrogens is 2. The Morgan fingerprint density at radius 2 is 2.17 bits per heavy atom. The third-order valence-electron chi connectivity index (χ3n) is 3.61. The van der Waals surface area contributed by atoms with Gasteiger partial charge in [0.1, 0.15) is 11.4 Å². The first-order chi connectivity index (χ1) is 11.1. The van der Waals surface area contributed by atoms with Gasteiger partial charge < -0.3 is 10.5 Å². The van der Waals surface area contributed by atoms with E-state index in [1.54, 1.807) is 17.6 Å². The molecule has 0 fully saturated rings. The van der Waals surface area contributed by atoms with Gasteiger partial charge in [-0.3, -0.25) is 14.5 Å². The Hall–Kier alpha value is -2.93. The summed E-state index contributed by atoms with van der Waals surface area (Å²) >= 11 is 0. The van der Waals surface area contributed by atoms with Crippen LogP contribution in [0, 0.1) is 10.1 Å². The van der Waals surface area contributed by atoms with Gasteiger partial charge >= 0.3 is 0 Å². The molecule has 0 unspecified atom stereocenters. The molecule has 7 heteroatoms. The maximum atomic E-state index is 11.1. The van der Waals surface area contributed by atoms with Crippen molar-refractivity contribution in [2.45, 2.75) is 6.42 Å². The second kappa shape index (κ2) is 6.05. The number of hydrogen-bond acceptors (Lipinski definition) is 5. The monoisotopic (exact) mass is 312 g/mol. The summed E-state index contributed by atoms with van der Waals surface area (Å²) in [5.41, 5.74) is 8.83. The zero-order chi connectivity index (χ0) is 16.4. The van der Waals surface area contributed by atoms with Crippen LogP contribution < -0.4 is 10.5 Å². The molecule has 118 valence electrons. The van der Waals surface area contributed by atoms with Crippen molar-refractivity contribution in [2.75, 3.05) is 13.7 Å². The summed E-state index contributed by atoms with van der Waals surface area (Å²) in [5, 5.41) is 11.1. The zero-order valence-corrected chi connectivity index (χ0v) is 12.6. The standard InChI is InChI=1S/C16H16N4O3/c1-23-13-4-2-3-11(9-13)16-14(7-8-17)18-15-6-5-12(20(21)22)10-19(15)16/h2-6,9-10H,7-8,17H2,1H3. The normalized spacial score (nSPS) is 10.9. The summed E-state index contributed by atoms with van der Waals surface area (Å²) in [6, 6.07) is 10.6. The van der Waals surface area contributed by atoms with Crippen molar-refractivity contribution < 1.29 is 9.66 Å². The van der Waals surface area contributed by atoms with Gasteiger partial charge in [-0.05, 0) is 24.7 Å². The van der Waals surface area contributed by atoms with E-state index in [-0.39, 0.29) is 5.69 Å². The molecule has 0 aliphatic rings. The van der Waals surface area contributed by atoms with Crippen molar-refractivity contribution in [1.29, 1.82) is 0 Å². The Kier molecular flexibility index (Phi) is 3.94. The Balaban J connectivity index is 2.27. The average molecular weight is 312 g/mol. The number of ether oxygens (including phenoxy) is 1. The molecule has 0 atom stereocenters. The molecule has 2 aromatic heterocycles. The van der Waals surface area contributed by atoms with Gasteiger partial charge in [0.2, 0.25) is 0 Å². The molecule has 7 nitrogen and oxygen atoms in total. The van der Waals surface area contributed by atoms with E-state index in [1.807, 2.05) is 24.3 Å². The van der Waals surface area contributed by atoms with Gasteiger partial charge in [-0.25, -0.2) is 4.98 Å². The first-order valence-electron chi connectivity index (χ1n) is 7.14. The Morgan fingerprint density at radius 3 is 2.87 bits per heavy atom. The number of imidazole rings is 1. The average Bonchev–Trinajstić information content (AvgIpc) is 2.92. The Labute approximate surface area is 132 Å². The van der Waals surface area contributed by atoms with Crippen molar-refractivity contribution in [3.05, 3.63) is 58.4 Å². The molecule has 0 spiro atoms. The van der Waals surface area contributed by atoms with Crippen LogP contribution in [0.2, 0.25) is 0 Å². The molecule has 2 heterocycles. The van der Waals surface area contributed by atoms with E-state index in [1.165, 1.54) is 12.3 Å². The van der Waals surface area contributed by atoms with Crippen LogP contribution >= 0.6 is 0 Å². The summed E-state index contributed by atoms with van der Waals surface area (Å²) in [6.45, 7) is 0.447. The fourth-order valence-corrected chi connectivity index (χ4v) is 2.58. The summed E-state index contributed by atoms with van der Waals surface area (Å²) in [5.74, 6) is 0.710. The highest BCUT2D eigenvalue weighted by Gasteiger charge is 2.17. The highest BCUT2D eigenvalue weighted by Crippen LogP contribution is 2.29. The Morgan fingerprint density at radius 1 is 1.35 bits per heavy atom. The first kappa shape index (κ1) is 15.0. The molecule has 0 saturated heterocycles. The second-order valence-electron chi connectivity index (χ2n) is 5.05. The molecule has 0 amide bonds. The molecular weight excluding hydrogens is 296 g/mol. The number of fused-ring (bicyclic) bond motifs is 1. The molecule has 23 heavy (non-hydrogen) atoms. The van der Waals surface area contributed by atoms with Gasteiger partial charge in [0.25, 0.3) is 5.69 Å². The molecule has 0 bridgehead atoms. The molecule has 0 aliphatic carbocycles. The van der Waals surface area contributed by atoms with Crippen molar-refractivity contribution >= 4 is 11.3 Å². The van der Waals surface area contributed by atoms with Crippen molar-refractivity contribution in [1.82, 2.24) is 9.38 Å². The van der Waals surface area contributed by atoms with Crippen LogP contribution in [0.5, 0.6) is 5.75 Å². The number of hydrogen-bond donors (Lipinski definition) is 1. The van der Waals surface area contributed by atoms with E-state index in [0.29, 0.717) is 24.4 Å². The molecule has 2 N–H and O–H groups in total. The van der Waals surface area contributed by atoms with E-state index >= 15 is 0 Å². The van der Waals surface area contributed by atoms with Gasteiger partial charge in [-0.1, -0.05) is 12.1 Å². The smallest absolute Gasteiger partial charge is 0.286 e. The highest BCUT2D eigenvalue weighted by molar-refractivity contribution is 5.69. The molecule has 1 aromatic carbocycles. The van der Waals surface area contributed by atoms with Gasteiger partial charge in [0.15, 0.2) is 0 Å². The van der Waals surface area contributed by atoms with E-state index in [4.69, 9.17) is 10.5 Å².